The molecule has 0 spiro atoms. The first kappa shape index (κ1) is 13.8. The Morgan fingerprint density at radius 3 is 2.48 bits per heavy atom. The Morgan fingerprint density at radius 2 is 1.71 bits per heavy atom. The molecule has 0 aliphatic carbocycles. The molecule has 0 atom stereocenters. The third kappa shape index (κ3) is 2.56. The highest BCUT2D eigenvalue weighted by molar-refractivity contribution is 6.10. The van der Waals surface area contributed by atoms with Gasteiger partial charge in [-0.15, -0.1) is 0 Å². The molecule has 0 aromatic heterocycles. The topological polar surface area (TPSA) is 26.3 Å². The number of carbonyl (C=O) groups excluding carboxylic acids is 1. The zero-order valence-corrected chi connectivity index (χ0v) is 10.9. The summed E-state index contributed by atoms with van der Waals surface area (Å²) in [5.74, 6) is -0.627. The van der Waals surface area contributed by atoms with Crippen LogP contribution in [0, 0.1) is 0 Å². The summed E-state index contributed by atoms with van der Waals surface area (Å²) in [4.78, 5) is 12.4. The van der Waals surface area contributed by atoms with Crippen molar-refractivity contribution in [2.24, 2.45) is 0 Å². The molecule has 0 unspecified atom stereocenters. The first-order valence-corrected chi connectivity index (χ1v) is 6.37. The second-order valence-electron chi connectivity index (χ2n) is 4.85. The zero-order chi connectivity index (χ0) is 15.0. The van der Waals surface area contributed by atoms with Gasteiger partial charge in [0, 0.05) is 11.1 Å². The van der Waals surface area contributed by atoms with Gasteiger partial charge in [0.25, 0.3) is 0 Å². The number of fused-ring (bicyclic) bond motifs is 1. The molecule has 2 nitrogen and oxygen atoms in total. The first-order valence-electron chi connectivity index (χ1n) is 6.37. The van der Waals surface area contributed by atoms with Crippen LogP contribution in [0.4, 0.5) is 13.2 Å². The van der Waals surface area contributed by atoms with Gasteiger partial charge in [-0.2, -0.15) is 13.2 Å². The summed E-state index contributed by atoms with van der Waals surface area (Å²) in [7, 11) is 0. The normalized spacial score (nSPS) is 14.0. The molecule has 2 aromatic carbocycles. The molecule has 0 saturated carbocycles. The smallest absolute Gasteiger partial charge is 0.372 e. The molecule has 2 aromatic rings. The minimum Gasteiger partial charge on any atom is -0.372 e. The molecule has 0 fully saturated rings. The van der Waals surface area contributed by atoms with Crippen LogP contribution in [0.1, 0.15) is 32.6 Å². The fourth-order valence-corrected chi connectivity index (χ4v) is 2.40. The van der Waals surface area contributed by atoms with Crippen LogP contribution >= 0.6 is 0 Å². The second kappa shape index (κ2) is 5.00. The number of rotatable bonds is 2. The van der Waals surface area contributed by atoms with Crippen LogP contribution in [0.25, 0.3) is 0 Å². The maximum absolute atomic E-state index is 13.0. The SMILES string of the molecule is O=C(c1ccc2c(c1)COC2)c1ccccc1C(F)(F)F. The Bertz CT molecular complexity index is 705. The van der Waals surface area contributed by atoms with Crippen molar-refractivity contribution in [3.63, 3.8) is 0 Å². The van der Waals surface area contributed by atoms with Gasteiger partial charge in [-0.1, -0.05) is 30.3 Å². The number of ether oxygens (including phenoxy) is 1. The van der Waals surface area contributed by atoms with E-state index in [0.29, 0.717) is 13.2 Å². The van der Waals surface area contributed by atoms with E-state index in [-0.39, 0.29) is 11.1 Å². The van der Waals surface area contributed by atoms with Gasteiger partial charge in [0.1, 0.15) is 0 Å². The van der Waals surface area contributed by atoms with E-state index in [2.05, 4.69) is 0 Å². The number of alkyl halides is 3. The second-order valence-corrected chi connectivity index (χ2v) is 4.85. The quantitative estimate of drug-likeness (QED) is 0.783. The van der Waals surface area contributed by atoms with E-state index in [1.54, 1.807) is 18.2 Å². The lowest BCUT2D eigenvalue weighted by molar-refractivity contribution is -0.137. The van der Waals surface area contributed by atoms with Gasteiger partial charge < -0.3 is 4.74 Å². The fourth-order valence-electron chi connectivity index (χ4n) is 2.40. The van der Waals surface area contributed by atoms with E-state index in [0.717, 1.165) is 17.2 Å². The van der Waals surface area contributed by atoms with Crippen molar-refractivity contribution in [2.75, 3.05) is 0 Å². The van der Waals surface area contributed by atoms with E-state index < -0.39 is 17.5 Å². The van der Waals surface area contributed by atoms with Gasteiger partial charge in [-0.3, -0.25) is 4.79 Å². The Labute approximate surface area is 119 Å². The van der Waals surface area contributed by atoms with Crippen molar-refractivity contribution in [3.05, 3.63) is 70.3 Å². The van der Waals surface area contributed by atoms with Crippen molar-refractivity contribution in [1.82, 2.24) is 0 Å². The van der Waals surface area contributed by atoms with Crippen molar-refractivity contribution < 1.29 is 22.7 Å². The van der Waals surface area contributed by atoms with Crippen LogP contribution in [-0.4, -0.2) is 5.78 Å². The molecule has 1 aliphatic rings. The number of ketones is 1. The minimum absolute atomic E-state index is 0.246. The lowest BCUT2D eigenvalue weighted by Gasteiger charge is -2.12. The van der Waals surface area contributed by atoms with E-state index in [4.69, 9.17) is 4.74 Å². The van der Waals surface area contributed by atoms with E-state index >= 15 is 0 Å². The van der Waals surface area contributed by atoms with Crippen LogP contribution in [0.15, 0.2) is 42.5 Å². The van der Waals surface area contributed by atoms with Crippen LogP contribution in [0.2, 0.25) is 0 Å². The molecule has 1 aliphatic heterocycles. The van der Waals surface area contributed by atoms with Crippen LogP contribution in [0.5, 0.6) is 0 Å². The Hall–Kier alpha value is -2.14. The number of halogens is 3. The molecule has 5 heteroatoms. The number of carbonyl (C=O) groups is 1. The number of hydrogen-bond acceptors (Lipinski definition) is 2. The van der Waals surface area contributed by atoms with Crippen LogP contribution in [-0.2, 0) is 24.1 Å². The third-order valence-electron chi connectivity index (χ3n) is 3.46. The van der Waals surface area contributed by atoms with Gasteiger partial charge in [-0.05, 0) is 23.3 Å². The largest absolute Gasteiger partial charge is 0.417 e. The summed E-state index contributed by atoms with van der Waals surface area (Å²) < 4.78 is 44.2. The highest BCUT2D eigenvalue weighted by Gasteiger charge is 2.35. The molecule has 0 bridgehead atoms. The maximum Gasteiger partial charge on any atom is 0.417 e. The molecule has 21 heavy (non-hydrogen) atoms. The number of hydrogen-bond donors (Lipinski definition) is 0. The van der Waals surface area contributed by atoms with Crippen LogP contribution < -0.4 is 0 Å². The average molecular weight is 292 g/mol. The van der Waals surface area contributed by atoms with Gasteiger partial charge in [0.15, 0.2) is 5.78 Å². The van der Waals surface area contributed by atoms with Gasteiger partial charge in [0.05, 0.1) is 18.8 Å². The molecule has 0 saturated heterocycles. The average Bonchev–Trinajstić information content (AvgIpc) is 2.93. The molecular weight excluding hydrogens is 281 g/mol. The molecule has 0 amide bonds. The lowest BCUT2D eigenvalue weighted by Crippen LogP contribution is -2.13. The summed E-state index contributed by atoms with van der Waals surface area (Å²) in [6.07, 6.45) is -4.55. The molecule has 108 valence electrons. The van der Waals surface area contributed by atoms with Crippen molar-refractivity contribution >= 4 is 5.78 Å². The summed E-state index contributed by atoms with van der Waals surface area (Å²) >= 11 is 0. The molecular formula is C16H11F3O2. The van der Waals surface area contributed by atoms with Crippen molar-refractivity contribution in [2.45, 2.75) is 19.4 Å². The summed E-state index contributed by atoms with van der Waals surface area (Å²) in [5, 5.41) is 0. The molecule has 3 rings (SSSR count). The Morgan fingerprint density at radius 1 is 1.00 bits per heavy atom. The zero-order valence-electron chi connectivity index (χ0n) is 10.9. The molecule has 0 radical (unpaired) electrons. The van der Waals surface area contributed by atoms with Gasteiger partial charge >= 0.3 is 6.18 Å². The monoisotopic (exact) mass is 292 g/mol. The minimum atomic E-state index is -4.55. The predicted molar refractivity (Wildman–Crippen MR) is 69.8 cm³/mol. The standard InChI is InChI=1S/C16H11F3O2/c17-16(18,19)14-4-2-1-3-13(14)15(20)10-5-6-11-8-21-9-12(11)7-10/h1-7H,8-9H2. The predicted octanol–water partition coefficient (Wildman–Crippen LogP) is 3.97. The Kier molecular flexibility index (Phi) is 3.29. The molecule has 1 heterocycles. The third-order valence-corrected chi connectivity index (χ3v) is 3.46. The number of benzene rings is 2. The fraction of sp³-hybridized carbons (Fsp3) is 0.188. The van der Waals surface area contributed by atoms with E-state index in [1.807, 2.05) is 0 Å². The highest BCUT2D eigenvalue weighted by atomic mass is 19.4. The summed E-state index contributed by atoms with van der Waals surface area (Å²) in [6.45, 7) is 0.861. The molecule has 0 N–H and O–H groups in total. The van der Waals surface area contributed by atoms with E-state index in [1.165, 1.54) is 18.2 Å². The van der Waals surface area contributed by atoms with Crippen molar-refractivity contribution in [1.29, 1.82) is 0 Å². The first-order chi connectivity index (χ1) is 9.97. The highest BCUT2D eigenvalue weighted by Crippen LogP contribution is 2.33. The van der Waals surface area contributed by atoms with Gasteiger partial charge in [-0.25, -0.2) is 0 Å². The summed E-state index contributed by atoms with van der Waals surface area (Å²) in [6, 6.07) is 9.71. The van der Waals surface area contributed by atoms with Crippen LogP contribution in [0.3, 0.4) is 0 Å². The van der Waals surface area contributed by atoms with Gasteiger partial charge in [0.2, 0.25) is 0 Å². The lowest BCUT2D eigenvalue weighted by atomic mass is 9.96. The maximum atomic E-state index is 13.0. The Balaban J connectivity index is 2.03. The van der Waals surface area contributed by atoms with E-state index in [9.17, 15) is 18.0 Å². The van der Waals surface area contributed by atoms with Crippen molar-refractivity contribution in [3.8, 4) is 0 Å². The summed E-state index contributed by atoms with van der Waals surface area (Å²) in [5.41, 5.74) is 0.826.